The molecule has 16 heavy (non-hydrogen) atoms. The summed E-state index contributed by atoms with van der Waals surface area (Å²) in [6, 6.07) is -0.151. The minimum absolute atomic E-state index is 0.0637. The quantitative estimate of drug-likeness (QED) is 0.642. The second-order valence-corrected chi connectivity index (χ2v) is 4.07. The van der Waals surface area contributed by atoms with Crippen LogP contribution < -0.4 is 16.4 Å². The van der Waals surface area contributed by atoms with E-state index in [-0.39, 0.29) is 30.9 Å². The molecule has 0 saturated carbocycles. The van der Waals surface area contributed by atoms with Crippen LogP contribution in [0.4, 0.5) is 0 Å². The van der Waals surface area contributed by atoms with Gasteiger partial charge in [-0.3, -0.25) is 9.59 Å². The van der Waals surface area contributed by atoms with Gasteiger partial charge >= 0.3 is 0 Å². The van der Waals surface area contributed by atoms with Gasteiger partial charge in [-0.05, 0) is 6.92 Å². The van der Waals surface area contributed by atoms with Crippen molar-refractivity contribution in [1.29, 1.82) is 0 Å². The van der Waals surface area contributed by atoms with E-state index in [0.717, 1.165) is 5.01 Å². The van der Waals surface area contributed by atoms with Gasteiger partial charge in [0.2, 0.25) is 11.8 Å². The zero-order valence-corrected chi connectivity index (χ0v) is 9.71. The summed E-state index contributed by atoms with van der Waals surface area (Å²) in [5.41, 5.74) is 5.08. The van der Waals surface area contributed by atoms with Crippen LogP contribution in [0.5, 0.6) is 0 Å². The monoisotopic (exact) mass is 242 g/mol. The average Bonchev–Trinajstić information content (AvgIpc) is 2.79. The van der Waals surface area contributed by atoms with Crippen LogP contribution in [0.25, 0.3) is 0 Å². The predicted octanol–water partition coefficient (Wildman–Crippen LogP) is -0.605. The molecule has 0 aromatic carbocycles. The largest absolute Gasteiger partial charge is 0.346 e. The van der Waals surface area contributed by atoms with Gasteiger partial charge in [0, 0.05) is 11.6 Å². The standard InChI is InChI=1S/C9H14N4O2S/c1-6(9-11-2-3-16-9)13-8(15)5-12-7(14)4-10/h2-3,6H,4-5,10H2,1H3,(H,12,14)(H,13,15). The van der Waals surface area contributed by atoms with E-state index in [1.54, 1.807) is 6.20 Å². The first-order valence-electron chi connectivity index (χ1n) is 4.79. The molecule has 0 bridgehead atoms. The van der Waals surface area contributed by atoms with E-state index < -0.39 is 0 Å². The lowest BCUT2D eigenvalue weighted by atomic mass is 10.3. The van der Waals surface area contributed by atoms with Gasteiger partial charge in [-0.1, -0.05) is 0 Å². The van der Waals surface area contributed by atoms with Gasteiger partial charge in [-0.25, -0.2) is 4.98 Å². The molecule has 1 heterocycles. The van der Waals surface area contributed by atoms with Gasteiger partial charge < -0.3 is 16.4 Å². The number of rotatable bonds is 5. The first-order chi connectivity index (χ1) is 7.63. The van der Waals surface area contributed by atoms with E-state index in [9.17, 15) is 9.59 Å². The summed E-state index contributed by atoms with van der Waals surface area (Å²) in [4.78, 5) is 26.3. The first-order valence-corrected chi connectivity index (χ1v) is 5.67. The molecule has 0 aliphatic carbocycles. The molecule has 4 N–H and O–H groups in total. The van der Waals surface area contributed by atoms with Crippen molar-refractivity contribution >= 4 is 23.2 Å². The average molecular weight is 242 g/mol. The summed E-state index contributed by atoms with van der Waals surface area (Å²) in [5, 5.41) is 7.78. The van der Waals surface area contributed by atoms with Crippen molar-refractivity contribution in [3.8, 4) is 0 Å². The topological polar surface area (TPSA) is 97.1 Å². The highest BCUT2D eigenvalue weighted by molar-refractivity contribution is 7.09. The zero-order chi connectivity index (χ0) is 12.0. The fraction of sp³-hybridized carbons (Fsp3) is 0.444. The maximum atomic E-state index is 11.4. The van der Waals surface area contributed by atoms with Gasteiger partial charge in [0.05, 0.1) is 19.1 Å². The first kappa shape index (κ1) is 12.6. The zero-order valence-electron chi connectivity index (χ0n) is 8.90. The Kier molecular flexibility index (Phi) is 4.87. The Morgan fingerprint density at radius 3 is 2.88 bits per heavy atom. The number of nitrogens with zero attached hydrogens (tertiary/aromatic N) is 1. The molecule has 0 fully saturated rings. The summed E-state index contributed by atoms with van der Waals surface area (Å²) < 4.78 is 0. The third-order valence-corrected chi connectivity index (χ3v) is 2.79. The molecule has 0 spiro atoms. The van der Waals surface area contributed by atoms with Gasteiger partial charge in [0.25, 0.3) is 0 Å². The summed E-state index contributed by atoms with van der Waals surface area (Å²) >= 11 is 1.47. The minimum Gasteiger partial charge on any atom is -0.346 e. The summed E-state index contributed by atoms with van der Waals surface area (Å²) in [6.45, 7) is 1.66. The lowest BCUT2D eigenvalue weighted by Crippen LogP contribution is -2.40. The Hall–Kier alpha value is -1.47. The number of hydrogen-bond acceptors (Lipinski definition) is 5. The third-order valence-electron chi connectivity index (χ3n) is 1.83. The van der Waals surface area contributed by atoms with E-state index in [4.69, 9.17) is 5.73 Å². The number of nitrogens with one attached hydrogen (secondary N) is 2. The van der Waals surface area contributed by atoms with E-state index in [1.165, 1.54) is 11.3 Å². The fourth-order valence-electron chi connectivity index (χ4n) is 1.05. The molecule has 1 rings (SSSR count). The van der Waals surface area contributed by atoms with Crippen LogP contribution in [0.15, 0.2) is 11.6 Å². The predicted molar refractivity (Wildman–Crippen MR) is 60.7 cm³/mol. The van der Waals surface area contributed by atoms with Crippen LogP contribution in [-0.2, 0) is 9.59 Å². The van der Waals surface area contributed by atoms with Crippen molar-refractivity contribution in [2.24, 2.45) is 5.73 Å². The molecule has 1 aromatic heterocycles. The van der Waals surface area contributed by atoms with Crippen molar-refractivity contribution in [2.45, 2.75) is 13.0 Å². The molecule has 0 saturated heterocycles. The maximum Gasteiger partial charge on any atom is 0.239 e. The molecular formula is C9H14N4O2S. The van der Waals surface area contributed by atoms with Gasteiger partial charge in [0.1, 0.15) is 5.01 Å². The highest BCUT2D eigenvalue weighted by Crippen LogP contribution is 2.13. The summed E-state index contributed by atoms with van der Waals surface area (Å²) in [5.74, 6) is -0.610. The molecule has 0 aliphatic heterocycles. The SMILES string of the molecule is CC(NC(=O)CNC(=O)CN)c1nccs1. The number of thiazole rings is 1. The third kappa shape index (κ3) is 3.95. The van der Waals surface area contributed by atoms with E-state index >= 15 is 0 Å². The molecule has 0 aliphatic rings. The highest BCUT2D eigenvalue weighted by atomic mass is 32.1. The lowest BCUT2D eigenvalue weighted by molar-refractivity contribution is -0.125. The number of aromatic nitrogens is 1. The van der Waals surface area contributed by atoms with Crippen molar-refractivity contribution in [1.82, 2.24) is 15.6 Å². The van der Waals surface area contributed by atoms with Crippen molar-refractivity contribution in [3.05, 3.63) is 16.6 Å². The van der Waals surface area contributed by atoms with Gasteiger partial charge in [-0.2, -0.15) is 0 Å². The lowest BCUT2D eigenvalue weighted by Gasteiger charge is -2.11. The highest BCUT2D eigenvalue weighted by Gasteiger charge is 2.11. The molecule has 1 atom stereocenters. The van der Waals surface area contributed by atoms with E-state index in [1.807, 2.05) is 12.3 Å². The maximum absolute atomic E-state index is 11.4. The second-order valence-electron chi connectivity index (χ2n) is 3.14. The van der Waals surface area contributed by atoms with Gasteiger partial charge in [-0.15, -0.1) is 11.3 Å². The normalized spacial score (nSPS) is 11.9. The summed E-state index contributed by atoms with van der Waals surface area (Å²) in [7, 11) is 0. The van der Waals surface area contributed by atoms with Crippen molar-refractivity contribution < 1.29 is 9.59 Å². The number of nitrogens with two attached hydrogens (primary N) is 1. The number of hydrogen-bond donors (Lipinski definition) is 3. The molecule has 0 radical (unpaired) electrons. The number of amides is 2. The van der Waals surface area contributed by atoms with Crippen molar-refractivity contribution in [3.63, 3.8) is 0 Å². The number of carbonyl (C=O) groups excluding carboxylic acids is 2. The Morgan fingerprint density at radius 1 is 1.56 bits per heavy atom. The molecule has 6 nitrogen and oxygen atoms in total. The summed E-state index contributed by atoms with van der Waals surface area (Å²) in [6.07, 6.45) is 1.68. The molecule has 88 valence electrons. The van der Waals surface area contributed by atoms with Crippen LogP contribution in [0.3, 0.4) is 0 Å². The fourth-order valence-corrected chi connectivity index (χ4v) is 1.70. The Balaban J connectivity index is 2.32. The smallest absolute Gasteiger partial charge is 0.239 e. The molecule has 2 amide bonds. The number of carbonyl (C=O) groups is 2. The van der Waals surface area contributed by atoms with Crippen LogP contribution in [-0.4, -0.2) is 29.9 Å². The Bertz CT molecular complexity index is 352. The minimum atomic E-state index is -0.350. The van der Waals surface area contributed by atoms with E-state index in [2.05, 4.69) is 15.6 Å². The van der Waals surface area contributed by atoms with E-state index in [0.29, 0.717) is 0 Å². The molecule has 1 unspecified atom stereocenters. The van der Waals surface area contributed by atoms with Crippen LogP contribution in [0, 0.1) is 0 Å². The Labute approximate surface area is 97.2 Å². The molecule has 7 heteroatoms. The van der Waals surface area contributed by atoms with Gasteiger partial charge in [0.15, 0.2) is 0 Å². The second kappa shape index (κ2) is 6.19. The van der Waals surface area contributed by atoms with Crippen LogP contribution >= 0.6 is 11.3 Å². The van der Waals surface area contributed by atoms with Crippen molar-refractivity contribution in [2.75, 3.05) is 13.1 Å². The Morgan fingerprint density at radius 2 is 2.31 bits per heavy atom. The van der Waals surface area contributed by atoms with Crippen LogP contribution in [0.1, 0.15) is 18.0 Å². The van der Waals surface area contributed by atoms with Crippen LogP contribution in [0.2, 0.25) is 0 Å². The molecular weight excluding hydrogens is 228 g/mol. The molecule has 1 aromatic rings.